The minimum atomic E-state index is -0.280. The maximum absolute atomic E-state index is 12.3. The second kappa shape index (κ2) is 9.67. The zero-order valence-electron chi connectivity index (χ0n) is 17.3. The Morgan fingerprint density at radius 1 is 0.969 bits per heavy atom. The van der Waals surface area contributed by atoms with Gasteiger partial charge in [-0.1, -0.05) is 71.2 Å². The molecule has 0 aliphatic carbocycles. The van der Waals surface area contributed by atoms with Gasteiger partial charge in [-0.05, 0) is 42.7 Å². The van der Waals surface area contributed by atoms with Gasteiger partial charge in [-0.15, -0.1) is 11.3 Å². The molecule has 0 radical (unpaired) electrons. The molecule has 0 fully saturated rings. The first-order chi connectivity index (χ1) is 15.3. The van der Waals surface area contributed by atoms with Crippen LogP contribution in [0.5, 0.6) is 5.75 Å². The van der Waals surface area contributed by atoms with Gasteiger partial charge in [0.25, 0.3) is 5.91 Å². The van der Waals surface area contributed by atoms with Crippen LogP contribution in [0, 0.1) is 13.8 Å². The standard InChI is InChI=1S/C24H19Cl3N2O2S/c1-13-20(25)14(2)22(27)23(21(13)26)31-12-19(30)28-11-15-7-9-16(10-8-15)24-29-17-5-3-4-6-18(17)32-24/h3-10H,11-12H2,1-2H3,(H,28,30). The quantitative estimate of drug-likeness (QED) is 0.300. The molecule has 0 unspecified atom stereocenters. The van der Waals surface area contributed by atoms with Crippen molar-refractivity contribution in [2.24, 2.45) is 0 Å². The Kier molecular flexibility index (Phi) is 6.91. The Morgan fingerprint density at radius 3 is 2.28 bits per heavy atom. The highest BCUT2D eigenvalue weighted by Gasteiger charge is 2.18. The monoisotopic (exact) mass is 504 g/mol. The zero-order chi connectivity index (χ0) is 22.8. The third-order valence-corrected chi connectivity index (χ3v) is 7.61. The number of benzene rings is 3. The lowest BCUT2D eigenvalue weighted by atomic mass is 10.1. The number of halogens is 3. The summed E-state index contributed by atoms with van der Waals surface area (Å²) in [5, 5.41) is 4.92. The van der Waals surface area contributed by atoms with Crippen molar-refractivity contribution in [1.29, 1.82) is 0 Å². The molecule has 0 saturated carbocycles. The van der Waals surface area contributed by atoms with Gasteiger partial charge in [0.15, 0.2) is 12.4 Å². The Morgan fingerprint density at radius 2 is 1.62 bits per heavy atom. The molecule has 0 atom stereocenters. The second-order valence-corrected chi connectivity index (χ2v) is 9.43. The van der Waals surface area contributed by atoms with Gasteiger partial charge in [0.05, 0.1) is 20.3 Å². The highest BCUT2D eigenvalue weighted by atomic mass is 35.5. The zero-order valence-corrected chi connectivity index (χ0v) is 20.4. The van der Waals surface area contributed by atoms with Gasteiger partial charge in [-0.3, -0.25) is 4.79 Å². The lowest BCUT2D eigenvalue weighted by Crippen LogP contribution is -2.28. The van der Waals surface area contributed by atoms with E-state index in [0.29, 0.717) is 32.7 Å². The first-order valence-electron chi connectivity index (χ1n) is 9.83. The molecule has 0 aliphatic heterocycles. The number of ether oxygens (including phenoxy) is 1. The highest BCUT2D eigenvalue weighted by molar-refractivity contribution is 7.21. The number of aromatic nitrogens is 1. The number of para-hydroxylation sites is 1. The summed E-state index contributed by atoms with van der Waals surface area (Å²) in [5.41, 5.74) is 4.34. The first-order valence-corrected chi connectivity index (χ1v) is 11.8. The van der Waals surface area contributed by atoms with Crippen molar-refractivity contribution in [3.05, 3.63) is 80.3 Å². The fourth-order valence-corrected chi connectivity index (χ4v) is 4.98. The summed E-state index contributed by atoms with van der Waals surface area (Å²) < 4.78 is 6.76. The normalized spacial score (nSPS) is 11.0. The van der Waals surface area contributed by atoms with Crippen molar-refractivity contribution >= 4 is 62.3 Å². The van der Waals surface area contributed by atoms with E-state index in [1.165, 1.54) is 0 Å². The molecule has 1 N–H and O–H groups in total. The van der Waals surface area contributed by atoms with Gasteiger partial charge >= 0.3 is 0 Å². The fourth-order valence-electron chi connectivity index (χ4n) is 3.19. The number of hydrogen-bond donors (Lipinski definition) is 1. The minimum Gasteiger partial charge on any atom is -0.481 e. The molecule has 1 heterocycles. The van der Waals surface area contributed by atoms with Crippen LogP contribution in [-0.2, 0) is 11.3 Å². The number of hydrogen-bond acceptors (Lipinski definition) is 4. The van der Waals surface area contributed by atoms with Gasteiger partial charge in [0, 0.05) is 17.1 Å². The number of carbonyl (C=O) groups is 1. The lowest BCUT2D eigenvalue weighted by Gasteiger charge is -2.15. The number of amides is 1. The topological polar surface area (TPSA) is 51.2 Å². The summed E-state index contributed by atoms with van der Waals surface area (Å²) in [6, 6.07) is 16.0. The third-order valence-electron chi connectivity index (χ3n) is 5.05. The Labute approximate surface area is 205 Å². The molecule has 0 bridgehead atoms. The molecule has 1 amide bonds. The summed E-state index contributed by atoms with van der Waals surface area (Å²) in [6.45, 7) is 3.73. The number of fused-ring (bicyclic) bond motifs is 1. The Bertz CT molecular complexity index is 1240. The number of nitrogens with zero attached hydrogens (tertiary/aromatic N) is 1. The van der Waals surface area contributed by atoms with Crippen LogP contribution in [0.1, 0.15) is 16.7 Å². The summed E-state index contributed by atoms with van der Waals surface area (Å²) in [4.78, 5) is 17.0. The minimum absolute atomic E-state index is 0.205. The maximum Gasteiger partial charge on any atom is 0.258 e. The van der Waals surface area contributed by atoms with Gasteiger partial charge in [0.2, 0.25) is 0 Å². The first kappa shape index (κ1) is 22.9. The summed E-state index contributed by atoms with van der Waals surface area (Å²) in [7, 11) is 0. The van der Waals surface area contributed by atoms with Crippen LogP contribution in [0.4, 0.5) is 0 Å². The molecule has 4 nitrogen and oxygen atoms in total. The molecule has 164 valence electrons. The van der Waals surface area contributed by atoms with Crippen LogP contribution in [0.15, 0.2) is 48.5 Å². The molecule has 0 aliphatic rings. The van der Waals surface area contributed by atoms with Crippen LogP contribution in [-0.4, -0.2) is 17.5 Å². The van der Waals surface area contributed by atoms with Crippen molar-refractivity contribution in [3.8, 4) is 16.3 Å². The van der Waals surface area contributed by atoms with Crippen LogP contribution >= 0.6 is 46.1 Å². The van der Waals surface area contributed by atoms with Gasteiger partial charge in [-0.25, -0.2) is 4.98 Å². The van der Waals surface area contributed by atoms with Crippen LogP contribution in [0.25, 0.3) is 20.8 Å². The summed E-state index contributed by atoms with van der Waals surface area (Å²) in [6.07, 6.45) is 0. The average molecular weight is 506 g/mol. The summed E-state index contributed by atoms with van der Waals surface area (Å²) in [5.74, 6) is -0.0132. The molecule has 3 aromatic carbocycles. The van der Waals surface area contributed by atoms with Crippen LogP contribution in [0.2, 0.25) is 15.1 Å². The van der Waals surface area contributed by atoms with Crippen LogP contribution in [0.3, 0.4) is 0 Å². The van der Waals surface area contributed by atoms with Gasteiger partial charge < -0.3 is 10.1 Å². The predicted molar refractivity (Wildman–Crippen MR) is 133 cm³/mol. The molecule has 4 aromatic rings. The second-order valence-electron chi connectivity index (χ2n) is 7.27. The molecule has 0 spiro atoms. The molecule has 1 aromatic heterocycles. The van der Waals surface area contributed by atoms with E-state index in [4.69, 9.17) is 39.5 Å². The molecule has 4 rings (SSSR count). The smallest absolute Gasteiger partial charge is 0.258 e. The van der Waals surface area contributed by atoms with Crippen molar-refractivity contribution < 1.29 is 9.53 Å². The van der Waals surface area contributed by atoms with Crippen molar-refractivity contribution in [2.45, 2.75) is 20.4 Å². The van der Waals surface area contributed by atoms with E-state index < -0.39 is 0 Å². The molecule has 8 heteroatoms. The van der Waals surface area contributed by atoms with Crippen molar-refractivity contribution in [3.63, 3.8) is 0 Å². The van der Waals surface area contributed by atoms with Crippen molar-refractivity contribution in [2.75, 3.05) is 6.61 Å². The third kappa shape index (κ3) is 4.71. The van der Waals surface area contributed by atoms with E-state index in [1.807, 2.05) is 42.5 Å². The van der Waals surface area contributed by atoms with E-state index in [1.54, 1.807) is 25.2 Å². The SMILES string of the molecule is Cc1c(Cl)c(C)c(Cl)c(OCC(=O)NCc2ccc(-c3nc4ccccc4s3)cc2)c1Cl. The molecule has 32 heavy (non-hydrogen) atoms. The summed E-state index contributed by atoms with van der Waals surface area (Å²) >= 11 is 20.4. The highest BCUT2D eigenvalue weighted by Crippen LogP contribution is 2.42. The van der Waals surface area contributed by atoms with E-state index in [9.17, 15) is 4.79 Å². The maximum atomic E-state index is 12.3. The number of rotatable bonds is 6. The number of carbonyl (C=O) groups excluding carboxylic acids is 1. The van der Waals surface area contributed by atoms with E-state index in [2.05, 4.69) is 16.4 Å². The predicted octanol–water partition coefficient (Wildman–Crippen LogP) is 7.24. The average Bonchev–Trinajstić information content (AvgIpc) is 3.25. The Balaban J connectivity index is 1.36. The van der Waals surface area contributed by atoms with E-state index in [0.717, 1.165) is 26.4 Å². The van der Waals surface area contributed by atoms with Crippen LogP contribution < -0.4 is 10.1 Å². The fraction of sp³-hybridized carbons (Fsp3) is 0.167. The van der Waals surface area contributed by atoms with E-state index >= 15 is 0 Å². The largest absolute Gasteiger partial charge is 0.481 e. The van der Waals surface area contributed by atoms with Gasteiger partial charge in [-0.2, -0.15) is 0 Å². The number of thiazole rings is 1. The lowest BCUT2D eigenvalue weighted by molar-refractivity contribution is -0.123. The molecular formula is C24H19Cl3N2O2S. The van der Waals surface area contributed by atoms with Crippen molar-refractivity contribution in [1.82, 2.24) is 10.3 Å². The molecule has 0 saturated heterocycles. The van der Waals surface area contributed by atoms with Gasteiger partial charge in [0.1, 0.15) is 5.01 Å². The number of nitrogens with one attached hydrogen (secondary N) is 1. The molecular weight excluding hydrogens is 487 g/mol. The Hall–Kier alpha value is -2.31. The van der Waals surface area contributed by atoms with E-state index in [-0.39, 0.29) is 18.3 Å².